The van der Waals surface area contributed by atoms with Gasteiger partial charge in [-0.1, -0.05) is 6.07 Å². The standard InChI is InChI=1S/C17H25N5O2S/c1-22(2)15-6-3-5-12-7-8-13(11-14(12)15)24-10-4-9-19-17-16(18)20-25(23)21-17/h7-8,11,15H,3-6,9-10H2,1-2H3,(H2,18,20)(H,19,21). The fourth-order valence-corrected chi connectivity index (χ4v) is 3.87. The number of benzene rings is 1. The van der Waals surface area contributed by atoms with Gasteiger partial charge < -0.3 is 19.9 Å². The number of fused-ring (bicyclic) bond motifs is 1. The zero-order valence-corrected chi connectivity index (χ0v) is 15.5. The molecule has 0 amide bonds. The molecule has 1 aromatic carbocycles. The molecule has 0 fully saturated rings. The highest BCUT2D eigenvalue weighted by Crippen LogP contribution is 2.35. The van der Waals surface area contributed by atoms with Crippen molar-refractivity contribution in [3.63, 3.8) is 0 Å². The number of aryl methyl sites for hydroxylation is 1. The highest BCUT2D eigenvalue weighted by molar-refractivity contribution is 7.13. The van der Waals surface area contributed by atoms with Gasteiger partial charge >= 0.3 is 0 Å². The van der Waals surface area contributed by atoms with Gasteiger partial charge in [-0.3, -0.25) is 4.99 Å². The number of hydrogen-bond acceptors (Lipinski definition) is 6. The first-order valence-electron chi connectivity index (χ1n) is 8.54. The summed E-state index contributed by atoms with van der Waals surface area (Å²) in [6.07, 6.45) is 4.33. The van der Waals surface area contributed by atoms with Gasteiger partial charge in [0, 0.05) is 23.4 Å². The lowest BCUT2D eigenvalue weighted by atomic mass is 9.87. The minimum atomic E-state index is -1.48. The van der Waals surface area contributed by atoms with Crippen LogP contribution < -0.4 is 16.0 Å². The van der Waals surface area contributed by atoms with Crippen molar-refractivity contribution in [2.24, 2.45) is 4.99 Å². The summed E-state index contributed by atoms with van der Waals surface area (Å²) in [5.74, 6) is 1.10. The molecule has 3 N–H and O–H groups in total. The molecule has 0 spiro atoms. The van der Waals surface area contributed by atoms with Gasteiger partial charge in [-0.15, -0.1) is 4.37 Å². The van der Waals surface area contributed by atoms with Gasteiger partial charge in [0.1, 0.15) is 5.75 Å². The number of aromatic amines is 1. The van der Waals surface area contributed by atoms with Gasteiger partial charge in [0.2, 0.25) is 11.3 Å². The highest BCUT2D eigenvalue weighted by atomic mass is 32.2. The smallest absolute Gasteiger partial charge is 0.229 e. The van der Waals surface area contributed by atoms with Crippen LogP contribution in [0.25, 0.3) is 0 Å². The molecule has 2 aromatic rings. The molecule has 136 valence electrons. The topological polar surface area (TPSA) is 103 Å². The Morgan fingerprint density at radius 1 is 1.48 bits per heavy atom. The molecule has 8 heteroatoms. The first-order valence-corrected chi connectivity index (χ1v) is 9.65. The van der Waals surface area contributed by atoms with E-state index < -0.39 is 11.1 Å². The average Bonchev–Trinajstić information content (AvgIpc) is 2.91. The molecular formula is C17H25N5O2S. The normalized spacial score (nSPS) is 18.5. The van der Waals surface area contributed by atoms with E-state index in [1.165, 1.54) is 24.0 Å². The number of H-pyrrole nitrogens is 1. The summed E-state index contributed by atoms with van der Waals surface area (Å²) in [5, 5.41) is 0. The van der Waals surface area contributed by atoms with Crippen molar-refractivity contribution < 1.29 is 9.29 Å². The summed E-state index contributed by atoms with van der Waals surface area (Å²) in [6.45, 7) is 1.11. The van der Waals surface area contributed by atoms with Crippen LogP contribution in [0.1, 0.15) is 36.4 Å². The van der Waals surface area contributed by atoms with Crippen LogP contribution in [0.5, 0.6) is 5.75 Å². The van der Waals surface area contributed by atoms with Gasteiger partial charge in [0.05, 0.1) is 6.61 Å². The fourth-order valence-electron chi connectivity index (χ4n) is 3.23. The number of nitrogen functional groups attached to an aromatic ring is 1. The van der Waals surface area contributed by atoms with Crippen LogP contribution >= 0.6 is 11.1 Å². The van der Waals surface area contributed by atoms with Gasteiger partial charge in [0.15, 0.2) is 11.1 Å². The maximum Gasteiger partial charge on any atom is 0.229 e. The van der Waals surface area contributed by atoms with Gasteiger partial charge in [0.25, 0.3) is 0 Å². The summed E-state index contributed by atoms with van der Waals surface area (Å²) in [6, 6.07) is 6.89. The molecule has 0 radical (unpaired) electrons. The van der Waals surface area contributed by atoms with Gasteiger partial charge in [-0.05, 0) is 56.6 Å². The molecule has 3 rings (SSSR count). The van der Waals surface area contributed by atoms with Crippen molar-refractivity contribution >= 4 is 17.0 Å². The second-order valence-corrected chi connectivity index (χ2v) is 7.38. The molecule has 2 unspecified atom stereocenters. The van der Waals surface area contributed by atoms with E-state index in [-0.39, 0.29) is 5.82 Å². The number of ether oxygens (including phenoxy) is 1. The van der Waals surface area contributed by atoms with E-state index >= 15 is 0 Å². The van der Waals surface area contributed by atoms with Crippen LogP contribution in [0, 0.1) is 0 Å². The van der Waals surface area contributed by atoms with E-state index in [4.69, 9.17) is 10.5 Å². The molecule has 1 aliphatic carbocycles. The minimum Gasteiger partial charge on any atom is -0.548 e. The Labute approximate surface area is 150 Å². The number of nitrogens with two attached hydrogens (primary N) is 1. The Hall–Kier alpha value is -1.90. The number of nitrogens with zero attached hydrogens (tertiary/aromatic N) is 3. The Morgan fingerprint density at radius 3 is 3.04 bits per heavy atom. The molecule has 0 saturated heterocycles. The lowest BCUT2D eigenvalue weighted by Gasteiger charge is -2.31. The second kappa shape index (κ2) is 7.99. The molecule has 2 atom stereocenters. The molecule has 1 aromatic heterocycles. The Balaban J connectivity index is 1.56. The van der Waals surface area contributed by atoms with E-state index in [0.717, 1.165) is 18.6 Å². The number of rotatable bonds is 6. The first-order chi connectivity index (χ1) is 12.0. The number of anilines is 1. The van der Waals surface area contributed by atoms with Crippen LogP contribution in [0.3, 0.4) is 0 Å². The first kappa shape index (κ1) is 17.9. The quantitative estimate of drug-likeness (QED) is 0.604. The summed E-state index contributed by atoms with van der Waals surface area (Å²) in [7, 11) is 4.26. The predicted octanol–water partition coefficient (Wildman–Crippen LogP) is 2.03. The van der Waals surface area contributed by atoms with E-state index in [0.29, 0.717) is 24.7 Å². The van der Waals surface area contributed by atoms with Crippen molar-refractivity contribution in [2.45, 2.75) is 31.7 Å². The second-order valence-electron chi connectivity index (χ2n) is 6.49. The number of aromatic nitrogens is 2. The third-order valence-electron chi connectivity index (χ3n) is 4.47. The summed E-state index contributed by atoms with van der Waals surface area (Å²) < 4.78 is 23.3. The number of nitrogens with one attached hydrogen (secondary N) is 1. The summed E-state index contributed by atoms with van der Waals surface area (Å²) in [5.41, 5.74) is 8.82. The molecule has 7 nitrogen and oxygen atoms in total. The third kappa shape index (κ3) is 4.39. The molecule has 0 saturated carbocycles. The van der Waals surface area contributed by atoms with Crippen molar-refractivity contribution in [3.8, 4) is 5.75 Å². The maximum atomic E-state index is 11.2. The Bertz CT molecular complexity index is 784. The minimum absolute atomic E-state index is 0.198. The fraction of sp³-hybridized carbons (Fsp3) is 0.529. The molecule has 1 heterocycles. The lowest BCUT2D eigenvalue weighted by Crippen LogP contribution is -2.24. The van der Waals surface area contributed by atoms with Gasteiger partial charge in [-0.25, -0.2) is 0 Å². The Morgan fingerprint density at radius 2 is 2.32 bits per heavy atom. The molecular weight excluding hydrogens is 338 g/mol. The van der Waals surface area contributed by atoms with E-state index in [1.54, 1.807) is 0 Å². The zero-order valence-electron chi connectivity index (χ0n) is 14.7. The predicted molar refractivity (Wildman–Crippen MR) is 98.0 cm³/mol. The van der Waals surface area contributed by atoms with Crippen LogP contribution in [0.2, 0.25) is 0 Å². The average molecular weight is 363 g/mol. The monoisotopic (exact) mass is 363 g/mol. The SMILES string of the molecule is CN(C)C1CCCc2ccc(OCCCN=c3[nH][s+]([O-])nc3N)cc21. The highest BCUT2D eigenvalue weighted by Gasteiger charge is 2.22. The molecule has 0 aliphatic heterocycles. The Kier molecular flexibility index (Phi) is 5.72. The van der Waals surface area contributed by atoms with Crippen molar-refractivity contribution in [3.05, 3.63) is 34.8 Å². The lowest BCUT2D eigenvalue weighted by molar-refractivity contribution is 0.265. The summed E-state index contributed by atoms with van der Waals surface area (Å²) >= 11 is -1.48. The van der Waals surface area contributed by atoms with Crippen LogP contribution in [-0.4, -0.2) is 45.4 Å². The van der Waals surface area contributed by atoms with Crippen molar-refractivity contribution in [2.75, 3.05) is 33.0 Å². The molecule has 1 aliphatic rings. The zero-order chi connectivity index (χ0) is 17.8. The van der Waals surface area contributed by atoms with E-state index in [2.05, 4.69) is 50.9 Å². The molecule has 25 heavy (non-hydrogen) atoms. The number of hydrogen-bond donors (Lipinski definition) is 2. The van der Waals surface area contributed by atoms with Crippen LogP contribution in [0.4, 0.5) is 5.82 Å². The van der Waals surface area contributed by atoms with E-state index in [1.807, 2.05) is 0 Å². The van der Waals surface area contributed by atoms with E-state index in [9.17, 15) is 4.55 Å². The maximum absolute atomic E-state index is 11.2. The molecule has 0 bridgehead atoms. The summed E-state index contributed by atoms with van der Waals surface area (Å²) in [4.78, 5) is 6.54. The van der Waals surface area contributed by atoms with Gasteiger partial charge in [-0.2, -0.15) is 0 Å². The third-order valence-corrected chi connectivity index (χ3v) is 5.20. The van der Waals surface area contributed by atoms with Crippen molar-refractivity contribution in [1.82, 2.24) is 13.6 Å². The largest absolute Gasteiger partial charge is 0.548 e. The van der Waals surface area contributed by atoms with Crippen LogP contribution in [-0.2, 0) is 6.42 Å². The van der Waals surface area contributed by atoms with Crippen LogP contribution in [0.15, 0.2) is 23.2 Å². The van der Waals surface area contributed by atoms with Crippen molar-refractivity contribution in [1.29, 1.82) is 0 Å².